The van der Waals surface area contributed by atoms with Crippen LogP contribution in [0.25, 0.3) is 0 Å². The minimum atomic E-state index is -3.36. The maximum Gasteiger partial charge on any atom is 0.289 e. The van der Waals surface area contributed by atoms with Crippen LogP contribution in [0.5, 0.6) is 0 Å². The lowest BCUT2D eigenvalue weighted by molar-refractivity contribution is -0.0160. The van der Waals surface area contributed by atoms with Crippen LogP contribution in [0.2, 0.25) is 0 Å². The molecule has 122 valence electrons. The third kappa shape index (κ3) is 3.04. The van der Waals surface area contributed by atoms with Crippen LogP contribution in [-0.2, 0) is 14.8 Å². The van der Waals surface area contributed by atoms with Crippen molar-refractivity contribution in [1.82, 2.24) is 9.62 Å². The van der Waals surface area contributed by atoms with Gasteiger partial charge in [-0.25, -0.2) is 13.1 Å². The molecule has 0 bridgehead atoms. The van der Waals surface area contributed by atoms with Gasteiger partial charge in [0.05, 0.1) is 24.4 Å². The predicted octanol–water partition coefficient (Wildman–Crippen LogP) is 0.509. The molecule has 2 aliphatic rings. The van der Waals surface area contributed by atoms with E-state index in [0.29, 0.717) is 18.9 Å². The normalized spacial score (nSPS) is 28.6. The van der Waals surface area contributed by atoms with Gasteiger partial charge in [-0.2, -0.15) is 0 Å². The van der Waals surface area contributed by atoms with Gasteiger partial charge in [0.25, 0.3) is 5.91 Å². The number of fused-ring (bicyclic) bond motifs is 1. The van der Waals surface area contributed by atoms with Gasteiger partial charge < -0.3 is 14.1 Å². The standard InChI is InChI=1S/C14H20N2O5S/c1-9-5-6-12(21-9)14(17)16-8-10(15-22(2,18)19)13-11(16)4-3-7-20-13/h5-6,10-11,13,15H,3-4,7-8H2,1-2H3/t10-,11-,13-/m1/s1. The van der Waals surface area contributed by atoms with Crippen LogP contribution in [0.3, 0.4) is 0 Å². The van der Waals surface area contributed by atoms with Crippen LogP contribution in [0, 0.1) is 6.92 Å². The summed E-state index contributed by atoms with van der Waals surface area (Å²) >= 11 is 0. The van der Waals surface area contributed by atoms with E-state index in [1.807, 2.05) is 0 Å². The first-order valence-electron chi connectivity index (χ1n) is 7.31. The van der Waals surface area contributed by atoms with Crippen LogP contribution in [0.1, 0.15) is 29.2 Å². The van der Waals surface area contributed by atoms with Gasteiger partial charge in [0.1, 0.15) is 5.76 Å². The Labute approximate surface area is 129 Å². The highest BCUT2D eigenvalue weighted by Crippen LogP contribution is 2.30. The Hall–Kier alpha value is -1.38. The molecule has 2 fully saturated rings. The number of hydrogen-bond donors (Lipinski definition) is 1. The second-order valence-corrected chi connectivity index (χ2v) is 7.69. The van der Waals surface area contributed by atoms with Gasteiger partial charge in [-0.1, -0.05) is 0 Å². The Bertz CT molecular complexity index is 669. The van der Waals surface area contributed by atoms with Crippen molar-refractivity contribution < 1.29 is 22.4 Å². The van der Waals surface area contributed by atoms with Crippen LogP contribution in [0.15, 0.2) is 16.5 Å². The number of sulfonamides is 1. The molecule has 7 nitrogen and oxygen atoms in total. The van der Waals surface area contributed by atoms with Crippen molar-refractivity contribution in [3.63, 3.8) is 0 Å². The summed E-state index contributed by atoms with van der Waals surface area (Å²) < 4.78 is 36.8. The van der Waals surface area contributed by atoms with Crippen molar-refractivity contribution >= 4 is 15.9 Å². The summed E-state index contributed by atoms with van der Waals surface area (Å²) in [5.41, 5.74) is 0. The number of ether oxygens (including phenoxy) is 1. The molecular weight excluding hydrogens is 308 g/mol. The lowest BCUT2D eigenvalue weighted by atomic mass is 10.0. The van der Waals surface area contributed by atoms with Gasteiger partial charge in [-0.05, 0) is 31.9 Å². The second kappa shape index (κ2) is 5.68. The number of rotatable bonds is 3. The van der Waals surface area contributed by atoms with Crippen LogP contribution >= 0.6 is 0 Å². The molecule has 0 aliphatic carbocycles. The topological polar surface area (TPSA) is 88.9 Å². The van der Waals surface area contributed by atoms with E-state index in [0.717, 1.165) is 19.1 Å². The zero-order valence-corrected chi connectivity index (χ0v) is 13.4. The Balaban J connectivity index is 1.83. The SMILES string of the molecule is Cc1ccc(C(=O)N2C[C@@H](NS(C)(=O)=O)[C@H]3OCCC[C@H]32)o1. The molecule has 0 unspecified atom stereocenters. The maximum absolute atomic E-state index is 12.6. The van der Waals surface area contributed by atoms with E-state index in [1.54, 1.807) is 24.0 Å². The van der Waals surface area contributed by atoms with E-state index in [1.165, 1.54) is 0 Å². The molecule has 8 heteroatoms. The molecule has 2 saturated heterocycles. The zero-order chi connectivity index (χ0) is 15.9. The molecule has 3 heterocycles. The maximum atomic E-state index is 12.6. The summed E-state index contributed by atoms with van der Waals surface area (Å²) in [6, 6.07) is 2.85. The molecule has 0 saturated carbocycles. The average molecular weight is 328 g/mol. The van der Waals surface area contributed by atoms with Gasteiger partial charge in [-0.15, -0.1) is 0 Å². The molecule has 3 rings (SSSR count). The van der Waals surface area contributed by atoms with Gasteiger partial charge in [-0.3, -0.25) is 4.79 Å². The van der Waals surface area contributed by atoms with E-state index < -0.39 is 16.1 Å². The smallest absolute Gasteiger partial charge is 0.289 e. The quantitative estimate of drug-likeness (QED) is 0.873. The summed E-state index contributed by atoms with van der Waals surface area (Å²) in [6.07, 6.45) is 2.47. The Kier molecular flexibility index (Phi) is 4.00. The number of hydrogen-bond acceptors (Lipinski definition) is 5. The molecular formula is C14H20N2O5S. The monoisotopic (exact) mass is 328 g/mol. The highest BCUT2D eigenvalue weighted by atomic mass is 32.2. The molecule has 0 spiro atoms. The van der Waals surface area contributed by atoms with E-state index in [9.17, 15) is 13.2 Å². The lowest BCUT2D eigenvalue weighted by Crippen LogP contribution is -2.47. The number of nitrogens with one attached hydrogen (secondary N) is 1. The third-order valence-electron chi connectivity index (χ3n) is 4.10. The van der Waals surface area contributed by atoms with Crippen LogP contribution in [-0.4, -0.2) is 56.8 Å². The molecule has 3 atom stereocenters. The summed E-state index contributed by atoms with van der Waals surface area (Å²) in [5.74, 6) is 0.734. The van der Waals surface area contributed by atoms with E-state index >= 15 is 0 Å². The molecule has 1 aromatic rings. The first kappa shape index (κ1) is 15.5. The zero-order valence-electron chi connectivity index (χ0n) is 12.6. The van der Waals surface area contributed by atoms with Gasteiger partial charge in [0, 0.05) is 13.2 Å². The minimum Gasteiger partial charge on any atom is -0.456 e. The summed E-state index contributed by atoms with van der Waals surface area (Å²) in [5, 5.41) is 0. The third-order valence-corrected chi connectivity index (χ3v) is 4.83. The predicted molar refractivity (Wildman–Crippen MR) is 79.0 cm³/mol. The molecule has 22 heavy (non-hydrogen) atoms. The van der Waals surface area contributed by atoms with Crippen molar-refractivity contribution in [3.05, 3.63) is 23.7 Å². The van der Waals surface area contributed by atoms with Crippen molar-refractivity contribution in [2.24, 2.45) is 0 Å². The van der Waals surface area contributed by atoms with Gasteiger partial charge in [0.15, 0.2) is 5.76 Å². The number of furan rings is 1. The summed E-state index contributed by atoms with van der Waals surface area (Å²) in [6.45, 7) is 2.66. The summed E-state index contributed by atoms with van der Waals surface area (Å²) in [7, 11) is -3.36. The van der Waals surface area contributed by atoms with E-state index in [2.05, 4.69) is 4.72 Å². The van der Waals surface area contributed by atoms with Crippen molar-refractivity contribution in [2.45, 2.75) is 38.0 Å². The molecule has 0 radical (unpaired) electrons. The Morgan fingerprint density at radius 2 is 2.18 bits per heavy atom. The van der Waals surface area contributed by atoms with Gasteiger partial charge in [0.2, 0.25) is 10.0 Å². The highest BCUT2D eigenvalue weighted by molar-refractivity contribution is 7.88. The second-order valence-electron chi connectivity index (χ2n) is 5.91. The Morgan fingerprint density at radius 3 is 2.82 bits per heavy atom. The van der Waals surface area contributed by atoms with E-state index in [-0.39, 0.29) is 23.8 Å². The molecule has 1 amide bonds. The number of carbonyl (C=O) groups is 1. The molecule has 2 aliphatic heterocycles. The molecule has 1 N–H and O–H groups in total. The van der Waals surface area contributed by atoms with E-state index in [4.69, 9.17) is 9.15 Å². The lowest BCUT2D eigenvalue weighted by Gasteiger charge is -2.31. The average Bonchev–Trinajstić information content (AvgIpc) is 3.02. The van der Waals surface area contributed by atoms with Crippen molar-refractivity contribution in [2.75, 3.05) is 19.4 Å². The van der Waals surface area contributed by atoms with Crippen LogP contribution < -0.4 is 4.72 Å². The molecule has 0 aromatic carbocycles. The number of nitrogens with zero attached hydrogens (tertiary/aromatic N) is 1. The largest absolute Gasteiger partial charge is 0.456 e. The number of amides is 1. The fraction of sp³-hybridized carbons (Fsp3) is 0.643. The first-order valence-corrected chi connectivity index (χ1v) is 9.20. The van der Waals surface area contributed by atoms with Gasteiger partial charge >= 0.3 is 0 Å². The fourth-order valence-electron chi connectivity index (χ4n) is 3.26. The minimum absolute atomic E-state index is 0.120. The fourth-order valence-corrected chi connectivity index (χ4v) is 4.02. The first-order chi connectivity index (χ1) is 10.3. The number of likely N-dealkylation sites (tertiary alicyclic amines) is 1. The Morgan fingerprint density at radius 1 is 1.41 bits per heavy atom. The summed E-state index contributed by atoms with van der Waals surface area (Å²) in [4.78, 5) is 14.3. The highest BCUT2D eigenvalue weighted by Gasteiger charge is 2.47. The number of aryl methyl sites for hydroxylation is 1. The van der Waals surface area contributed by atoms with Crippen molar-refractivity contribution in [1.29, 1.82) is 0 Å². The van der Waals surface area contributed by atoms with Crippen molar-refractivity contribution in [3.8, 4) is 0 Å². The molecule has 1 aromatic heterocycles. The van der Waals surface area contributed by atoms with Crippen LogP contribution in [0.4, 0.5) is 0 Å². The number of carbonyl (C=O) groups excluding carboxylic acids is 1.